The molecule has 1 aromatic rings. The average molecular weight is 373 g/mol. The van der Waals surface area contributed by atoms with E-state index in [2.05, 4.69) is 0 Å². The van der Waals surface area contributed by atoms with Crippen molar-refractivity contribution in [3.05, 3.63) is 29.8 Å². The van der Waals surface area contributed by atoms with Crippen LogP contribution in [0.25, 0.3) is 0 Å². The van der Waals surface area contributed by atoms with E-state index in [-0.39, 0.29) is 16.4 Å². The normalized spacial score (nSPS) is 28.0. The minimum atomic E-state index is -3.69. The summed E-state index contributed by atoms with van der Waals surface area (Å²) in [5.41, 5.74) is 1.05. The van der Waals surface area contributed by atoms with Crippen molar-refractivity contribution in [3.8, 4) is 0 Å². The third-order valence-corrected chi connectivity index (χ3v) is 8.98. The van der Waals surface area contributed by atoms with Crippen LogP contribution in [0, 0.1) is 0 Å². The van der Waals surface area contributed by atoms with Gasteiger partial charge in [0.2, 0.25) is 0 Å². The van der Waals surface area contributed by atoms with Crippen LogP contribution in [-0.4, -0.2) is 70.8 Å². The lowest BCUT2D eigenvalue weighted by Gasteiger charge is -2.34. The van der Waals surface area contributed by atoms with Gasteiger partial charge in [-0.15, -0.1) is 0 Å². The second kappa shape index (κ2) is 6.74. The SMILES string of the molecule is CCc1ccc(S(=O)(=O)[C@@H]2CS(=O)(=O)C[C@@H]2N2CCOCC2)cc1. The fraction of sp³-hybridized carbons (Fsp3) is 0.625. The van der Waals surface area contributed by atoms with E-state index >= 15 is 0 Å². The minimum Gasteiger partial charge on any atom is -0.379 e. The van der Waals surface area contributed by atoms with Crippen molar-refractivity contribution in [2.24, 2.45) is 0 Å². The molecule has 134 valence electrons. The zero-order valence-corrected chi connectivity index (χ0v) is 15.4. The van der Waals surface area contributed by atoms with Crippen LogP contribution in [0.3, 0.4) is 0 Å². The largest absolute Gasteiger partial charge is 0.379 e. The predicted octanol–water partition coefficient (Wildman–Crippen LogP) is 0.521. The third kappa shape index (κ3) is 3.51. The number of benzene rings is 1. The summed E-state index contributed by atoms with van der Waals surface area (Å²) in [5.74, 6) is -0.392. The Balaban J connectivity index is 1.93. The Kier molecular flexibility index (Phi) is 5.01. The van der Waals surface area contributed by atoms with E-state index < -0.39 is 31.0 Å². The van der Waals surface area contributed by atoms with E-state index in [1.165, 1.54) is 0 Å². The van der Waals surface area contributed by atoms with E-state index in [0.29, 0.717) is 26.3 Å². The van der Waals surface area contributed by atoms with Crippen LogP contribution >= 0.6 is 0 Å². The molecule has 2 atom stereocenters. The number of aryl methyl sites for hydroxylation is 1. The van der Waals surface area contributed by atoms with Crippen molar-refractivity contribution in [3.63, 3.8) is 0 Å². The highest BCUT2D eigenvalue weighted by atomic mass is 32.2. The molecule has 0 amide bonds. The molecule has 1 aromatic carbocycles. The molecular weight excluding hydrogens is 350 g/mol. The zero-order valence-electron chi connectivity index (χ0n) is 13.7. The summed E-state index contributed by atoms with van der Waals surface area (Å²) < 4.78 is 55.7. The maximum atomic E-state index is 13.1. The molecular formula is C16H23NO5S2. The molecule has 0 aliphatic carbocycles. The molecule has 3 rings (SSSR count). The Labute approximate surface area is 143 Å². The molecule has 0 aromatic heterocycles. The molecule has 2 aliphatic heterocycles. The van der Waals surface area contributed by atoms with Gasteiger partial charge in [-0.2, -0.15) is 0 Å². The highest BCUT2D eigenvalue weighted by Crippen LogP contribution is 2.29. The first-order chi connectivity index (χ1) is 11.3. The molecule has 2 saturated heterocycles. The molecule has 0 bridgehead atoms. The molecule has 8 heteroatoms. The molecule has 0 saturated carbocycles. The molecule has 0 radical (unpaired) electrons. The van der Waals surface area contributed by atoms with Gasteiger partial charge in [-0.05, 0) is 24.1 Å². The fourth-order valence-electron chi connectivity index (χ4n) is 3.43. The second-order valence-corrected chi connectivity index (χ2v) is 10.7. The zero-order chi connectivity index (χ0) is 17.4. The van der Waals surface area contributed by atoms with Gasteiger partial charge in [0, 0.05) is 19.1 Å². The first-order valence-corrected chi connectivity index (χ1v) is 11.6. The summed E-state index contributed by atoms with van der Waals surface area (Å²) in [7, 11) is -7.05. The van der Waals surface area contributed by atoms with Crippen molar-refractivity contribution in [2.75, 3.05) is 37.8 Å². The van der Waals surface area contributed by atoms with Crippen molar-refractivity contribution in [1.29, 1.82) is 0 Å². The quantitative estimate of drug-likeness (QED) is 0.765. The number of hydrogen-bond donors (Lipinski definition) is 0. The Morgan fingerprint density at radius 3 is 2.33 bits per heavy atom. The molecule has 2 fully saturated rings. The highest BCUT2D eigenvalue weighted by molar-refractivity contribution is 7.96. The lowest BCUT2D eigenvalue weighted by Crippen LogP contribution is -2.50. The topological polar surface area (TPSA) is 80.8 Å². The summed E-state index contributed by atoms with van der Waals surface area (Å²) in [6, 6.07) is 6.28. The van der Waals surface area contributed by atoms with Gasteiger partial charge in [-0.1, -0.05) is 19.1 Å². The summed E-state index contributed by atoms with van der Waals surface area (Å²) in [5, 5.41) is -0.909. The number of rotatable bonds is 4. The van der Waals surface area contributed by atoms with Gasteiger partial charge in [0.05, 0.1) is 34.9 Å². The Morgan fingerprint density at radius 1 is 1.12 bits per heavy atom. The Morgan fingerprint density at radius 2 is 1.75 bits per heavy atom. The van der Waals surface area contributed by atoms with E-state index in [4.69, 9.17) is 4.74 Å². The van der Waals surface area contributed by atoms with Crippen LogP contribution in [0.15, 0.2) is 29.2 Å². The van der Waals surface area contributed by atoms with Crippen molar-refractivity contribution >= 4 is 19.7 Å². The average Bonchev–Trinajstić information content (AvgIpc) is 2.92. The molecule has 24 heavy (non-hydrogen) atoms. The van der Waals surface area contributed by atoms with E-state index in [1.54, 1.807) is 24.3 Å². The van der Waals surface area contributed by atoms with Gasteiger partial charge in [-0.25, -0.2) is 16.8 Å². The van der Waals surface area contributed by atoms with Gasteiger partial charge in [0.25, 0.3) is 0 Å². The maximum Gasteiger partial charge on any atom is 0.183 e. The lowest BCUT2D eigenvalue weighted by atomic mass is 10.2. The van der Waals surface area contributed by atoms with Crippen LogP contribution < -0.4 is 0 Å². The van der Waals surface area contributed by atoms with E-state index in [0.717, 1.165) is 12.0 Å². The second-order valence-electron chi connectivity index (χ2n) is 6.37. The van der Waals surface area contributed by atoms with Crippen LogP contribution in [0.1, 0.15) is 12.5 Å². The van der Waals surface area contributed by atoms with Gasteiger partial charge in [-0.3, -0.25) is 4.90 Å². The third-order valence-electron chi connectivity index (χ3n) is 4.85. The fourth-order valence-corrected chi connectivity index (χ4v) is 8.26. The number of morpholine rings is 1. The van der Waals surface area contributed by atoms with Crippen LogP contribution in [0.2, 0.25) is 0 Å². The van der Waals surface area contributed by atoms with Gasteiger partial charge >= 0.3 is 0 Å². The Bertz CT molecular complexity index is 780. The van der Waals surface area contributed by atoms with E-state index in [1.807, 2.05) is 11.8 Å². The van der Waals surface area contributed by atoms with Crippen LogP contribution in [0.4, 0.5) is 0 Å². The molecule has 2 heterocycles. The number of nitrogens with zero attached hydrogens (tertiary/aromatic N) is 1. The van der Waals surface area contributed by atoms with Gasteiger partial charge in [0.1, 0.15) is 0 Å². The van der Waals surface area contributed by atoms with Crippen molar-refractivity contribution in [2.45, 2.75) is 29.5 Å². The van der Waals surface area contributed by atoms with Gasteiger partial charge < -0.3 is 4.74 Å². The summed E-state index contributed by atoms with van der Waals surface area (Å²) in [6.45, 7) is 4.16. The first-order valence-electron chi connectivity index (χ1n) is 8.18. The van der Waals surface area contributed by atoms with Gasteiger partial charge in [0.15, 0.2) is 19.7 Å². The predicted molar refractivity (Wildman–Crippen MR) is 91.6 cm³/mol. The van der Waals surface area contributed by atoms with Crippen molar-refractivity contribution < 1.29 is 21.6 Å². The van der Waals surface area contributed by atoms with Crippen LogP contribution in [-0.2, 0) is 30.8 Å². The summed E-state index contributed by atoms with van der Waals surface area (Å²) >= 11 is 0. The molecule has 0 N–H and O–H groups in total. The molecule has 2 aliphatic rings. The monoisotopic (exact) mass is 373 g/mol. The smallest absolute Gasteiger partial charge is 0.183 e. The summed E-state index contributed by atoms with van der Waals surface area (Å²) in [4.78, 5) is 2.16. The summed E-state index contributed by atoms with van der Waals surface area (Å²) in [6.07, 6.45) is 0.828. The molecule has 0 unspecified atom stereocenters. The van der Waals surface area contributed by atoms with Crippen LogP contribution in [0.5, 0.6) is 0 Å². The number of sulfone groups is 2. The number of hydrogen-bond acceptors (Lipinski definition) is 6. The minimum absolute atomic E-state index is 0.0933. The Hall–Kier alpha value is -0.960. The lowest BCUT2D eigenvalue weighted by molar-refractivity contribution is 0.0222. The first kappa shape index (κ1) is 17.8. The molecule has 6 nitrogen and oxygen atoms in total. The molecule has 0 spiro atoms. The van der Waals surface area contributed by atoms with E-state index in [9.17, 15) is 16.8 Å². The highest BCUT2D eigenvalue weighted by Gasteiger charge is 2.48. The standard InChI is InChI=1S/C16H23NO5S2/c1-2-13-3-5-14(6-4-13)24(20,21)16-12-23(18,19)11-15(16)17-7-9-22-10-8-17/h3-6,15-16H,2,7-12H2,1H3/t15-,16+/m0/s1. The van der Waals surface area contributed by atoms with Crippen molar-refractivity contribution in [1.82, 2.24) is 4.90 Å². The maximum absolute atomic E-state index is 13.1. The number of ether oxygens (including phenoxy) is 1.